The molecule has 3 aliphatic rings. The SMILES string of the molecule is COc1cc2nn([C@H]3CC[C@H](CN(C)[C@H]4CC[C@H](c5cccc6c5n(C)c(=O)n6C5CCC(=O)NC5=O)CC4)CC3)cc2cc1NC(=O)c1cccc(C(F)(F)F)n1. The van der Waals surface area contributed by atoms with Gasteiger partial charge >= 0.3 is 11.9 Å². The van der Waals surface area contributed by atoms with Crippen LogP contribution < -0.4 is 21.1 Å². The Hall–Kier alpha value is -5.51. The first kappa shape index (κ1) is 39.3. The maximum atomic E-state index is 13.5. The predicted octanol–water partition coefficient (Wildman–Crippen LogP) is 6.73. The molecule has 2 aromatic carbocycles. The van der Waals surface area contributed by atoms with Crippen LogP contribution in [0.4, 0.5) is 18.9 Å². The lowest BCUT2D eigenvalue weighted by Gasteiger charge is -2.38. The molecule has 2 saturated carbocycles. The highest BCUT2D eigenvalue weighted by Gasteiger charge is 2.35. The van der Waals surface area contributed by atoms with Gasteiger partial charge in [0.05, 0.1) is 35.4 Å². The van der Waals surface area contributed by atoms with Gasteiger partial charge in [0, 0.05) is 43.7 Å². The maximum absolute atomic E-state index is 13.5. The number of rotatable bonds is 9. The van der Waals surface area contributed by atoms with Gasteiger partial charge in [0.25, 0.3) is 5.91 Å². The highest BCUT2D eigenvalue weighted by Crippen LogP contribution is 2.40. The largest absolute Gasteiger partial charge is 0.494 e. The highest BCUT2D eigenvalue weighted by atomic mass is 19.4. The number of fused-ring (bicyclic) bond motifs is 2. The zero-order valence-corrected chi connectivity index (χ0v) is 32.7. The van der Waals surface area contributed by atoms with Crippen molar-refractivity contribution in [2.24, 2.45) is 13.0 Å². The van der Waals surface area contributed by atoms with Crippen LogP contribution in [0.25, 0.3) is 21.9 Å². The predicted molar refractivity (Wildman–Crippen MR) is 211 cm³/mol. The molecule has 4 heterocycles. The highest BCUT2D eigenvalue weighted by molar-refractivity contribution is 6.05. The van der Waals surface area contributed by atoms with Crippen molar-refractivity contribution in [1.82, 2.24) is 34.1 Å². The van der Waals surface area contributed by atoms with E-state index in [1.54, 1.807) is 28.3 Å². The Morgan fingerprint density at radius 1 is 0.983 bits per heavy atom. The first-order chi connectivity index (χ1) is 27.8. The van der Waals surface area contributed by atoms with Gasteiger partial charge in [0.1, 0.15) is 23.2 Å². The van der Waals surface area contributed by atoms with Crippen LogP contribution in [0.15, 0.2) is 59.5 Å². The average Bonchev–Trinajstić information content (AvgIpc) is 3.74. The van der Waals surface area contributed by atoms with Crippen LogP contribution in [-0.2, 0) is 22.8 Å². The number of amides is 3. The number of imide groups is 1. The van der Waals surface area contributed by atoms with Crippen molar-refractivity contribution in [2.45, 2.75) is 94.4 Å². The summed E-state index contributed by atoms with van der Waals surface area (Å²) in [5.74, 6) is -0.312. The lowest BCUT2D eigenvalue weighted by molar-refractivity contribution is -0.141. The summed E-state index contributed by atoms with van der Waals surface area (Å²) in [6.07, 6.45) is 5.99. The second kappa shape index (κ2) is 15.7. The van der Waals surface area contributed by atoms with Crippen molar-refractivity contribution >= 4 is 45.3 Å². The topological polar surface area (TPSA) is 145 Å². The van der Waals surface area contributed by atoms with Gasteiger partial charge in [-0.1, -0.05) is 18.2 Å². The van der Waals surface area contributed by atoms with Gasteiger partial charge < -0.3 is 15.0 Å². The molecular weight excluding hydrogens is 754 g/mol. The number of piperidine rings is 1. The number of aromatic nitrogens is 5. The number of pyridine rings is 1. The van der Waals surface area contributed by atoms with E-state index in [1.165, 1.54) is 13.2 Å². The van der Waals surface area contributed by atoms with Crippen LogP contribution in [0.5, 0.6) is 5.75 Å². The van der Waals surface area contributed by atoms with E-state index < -0.39 is 29.7 Å². The summed E-state index contributed by atoms with van der Waals surface area (Å²) in [5, 5.41) is 10.7. The standard InChI is InChI=1S/C42H47F3N8O5/c1-50(27-16-12-25(13-17-27)29-6-4-8-33-38(29)51(2)41(57)53(33)34-18-19-37(54)48-40(34)56)22-24-10-14-28(15-11-24)52-23-26-20-32(35(58-3)21-31(26)49-52)47-39(55)30-7-5-9-36(46-30)42(43,44)45/h4-9,20-21,23-25,27-28,34H,10-19,22H2,1-3H3,(H,47,55)(H,48,54,56)/t24-,25-,27-,28-,34?. The van der Waals surface area contributed by atoms with Crippen molar-refractivity contribution < 1.29 is 32.3 Å². The third kappa shape index (κ3) is 7.61. The molecule has 8 rings (SSSR count). The number of imidazole rings is 1. The van der Waals surface area contributed by atoms with Gasteiger partial charge in [-0.3, -0.25) is 33.5 Å². The molecular formula is C42H47F3N8O5. The van der Waals surface area contributed by atoms with Gasteiger partial charge in [-0.05, 0) is 106 Å². The average molecular weight is 801 g/mol. The molecule has 58 heavy (non-hydrogen) atoms. The van der Waals surface area contributed by atoms with E-state index >= 15 is 0 Å². The molecule has 0 bridgehead atoms. The first-order valence-electron chi connectivity index (χ1n) is 19.9. The number of methoxy groups -OCH3 is 1. The number of hydrogen-bond donors (Lipinski definition) is 2. The summed E-state index contributed by atoms with van der Waals surface area (Å²) in [7, 11) is 5.45. The summed E-state index contributed by atoms with van der Waals surface area (Å²) in [6, 6.07) is 12.6. The van der Waals surface area contributed by atoms with Crippen LogP contribution in [0, 0.1) is 5.92 Å². The van der Waals surface area contributed by atoms with E-state index in [-0.39, 0.29) is 29.8 Å². The molecule has 2 N–H and O–H groups in total. The Morgan fingerprint density at radius 2 is 1.72 bits per heavy atom. The van der Waals surface area contributed by atoms with Crippen LogP contribution in [-0.4, -0.2) is 73.3 Å². The summed E-state index contributed by atoms with van der Waals surface area (Å²) >= 11 is 0. The number of carbonyl (C=O) groups excluding carboxylic acids is 3. The first-order valence-corrected chi connectivity index (χ1v) is 19.9. The number of para-hydroxylation sites is 1. The number of benzene rings is 2. The number of carbonyl (C=O) groups is 3. The van der Waals surface area contributed by atoms with Crippen molar-refractivity contribution in [2.75, 3.05) is 26.0 Å². The van der Waals surface area contributed by atoms with E-state index in [0.717, 1.165) is 92.0 Å². The van der Waals surface area contributed by atoms with Crippen LogP contribution in [0.2, 0.25) is 0 Å². The monoisotopic (exact) mass is 800 g/mol. The third-order valence-corrected chi connectivity index (χ3v) is 12.5. The van der Waals surface area contributed by atoms with Crippen molar-refractivity contribution in [3.05, 3.63) is 82.2 Å². The van der Waals surface area contributed by atoms with Gasteiger partial charge in [-0.15, -0.1) is 0 Å². The number of hydrogen-bond acceptors (Lipinski definition) is 8. The van der Waals surface area contributed by atoms with Crippen molar-refractivity contribution in [3.63, 3.8) is 0 Å². The Labute approximate surface area is 332 Å². The van der Waals surface area contributed by atoms with E-state index in [0.29, 0.717) is 41.3 Å². The number of halogens is 3. The van der Waals surface area contributed by atoms with E-state index in [1.807, 2.05) is 23.0 Å². The van der Waals surface area contributed by atoms with Crippen molar-refractivity contribution in [1.29, 1.82) is 0 Å². The molecule has 3 amide bonds. The number of nitrogens with one attached hydrogen (secondary N) is 2. The van der Waals surface area contributed by atoms with Crippen LogP contribution in [0.3, 0.4) is 0 Å². The lowest BCUT2D eigenvalue weighted by atomic mass is 9.80. The molecule has 5 aromatic rings. The second-order valence-corrected chi connectivity index (χ2v) is 16.1. The zero-order valence-electron chi connectivity index (χ0n) is 32.7. The second-order valence-electron chi connectivity index (χ2n) is 16.1. The van der Waals surface area contributed by atoms with Crippen molar-refractivity contribution in [3.8, 4) is 5.75 Å². The molecule has 13 nitrogen and oxygen atoms in total. The minimum Gasteiger partial charge on any atom is -0.494 e. The fourth-order valence-electron chi connectivity index (χ4n) is 9.43. The van der Waals surface area contributed by atoms with Gasteiger partial charge in [0.15, 0.2) is 0 Å². The quantitative estimate of drug-likeness (QED) is 0.156. The number of ether oxygens (including phenoxy) is 1. The van der Waals surface area contributed by atoms with E-state index in [9.17, 15) is 32.3 Å². The summed E-state index contributed by atoms with van der Waals surface area (Å²) in [5.41, 5.74) is 2.01. The molecule has 0 spiro atoms. The molecule has 3 fully saturated rings. The number of anilines is 1. The molecule has 2 aliphatic carbocycles. The molecule has 1 atom stereocenters. The maximum Gasteiger partial charge on any atom is 0.433 e. The molecule has 1 aliphatic heterocycles. The Kier molecular flexibility index (Phi) is 10.6. The van der Waals surface area contributed by atoms with Crippen LogP contribution >= 0.6 is 0 Å². The van der Waals surface area contributed by atoms with Crippen LogP contribution in [0.1, 0.15) is 104 Å². The van der Waals surface area contributed by atoms with Gasteiger partial charge in [-0.2, -0.15) is 18.3 Å². The fraction of sp³-hybridized carbons (Fsp3) is 0.476. The Bertz CT molecular complexity index is 2440. The number of alkyl halides is 3. The normalized spacial score (nSPS) is 23.1. The smallest absolute Gasteiger partial charge is 0.433 e. The minimum atomic E-state index is -4.67. The molecule has 3 aromatic heterocycles. The third-order valence-electron chi connectivity index (χ3n) is 12.5. The molecule has 306 valence electrons. The van der Waals surface area contributed by atoms with E-state index in [2.05, 4.69) is 33.6 Å². The Balaban J connectivity index is 0.866. The molecule has 1 unspecified atom stereocenters. The van der Waals surface area contributed by atoms with Gasteiger partial charge in [0.2, 0.25) is 11.8 Å². The Morgan fingerprint density at radius 3 is 2.43 bits per heavy atom. The summed E-state index contributed by atoms with van der Waals surface area (Å²) < 4.78 is 50.3. The number of aryl methyl sites for hydroxylation is 1. The number of nitrogens with zero attached hydrogens (tertiary/aromatic N) is 6. The molecule has 16 heteroatoms. The minimum absolute atomic E-state index is 0.208. The zero-order chi connectivity index (χ0) is 40.9. The summed E-state index contributed by atoms with van der Waals surface area (Å²) in [4.78, 5) is 56.9. The summed E-state index contributed by atoms with van der Waals surface area (Å²) in [6.45, 7) is 1.02. The molecule has 0 radical (unpaired) electrons. The van der Waals surface area contributed by atoms with E-state index in [4.69, 9.17) is 9.84 Å². The lowest BCUT2D eigenvalue weighted by Crippen LogP contribution is -2.44. The van der Waals surface area contributed by atoms with Gasteiger partial charge in [-0.25, -0.2) is 9.78 Å². The molecule has 1 saturated heterocycles. The fourth-order valence-corrected chi connectivity index (χ4v) is 9.43.